The fraction of sp³-hybridized carbons (Fsp3) is 0.350. The maximum absolute atomic E-state index is 4.15. The highest BCUT2D eigenvalue weighted by Crippen LogP contribution is 2.42. The molecule has 0 aliphatic heterocycles. The van der Waals surface area contributed by atoms with Crippen LogP contribution in [0, 0.1) is 23.7 Å². The molecule has 4 atom stereocenters. The Hall–Kier alpha value is -3.38. The molecular weight excluding hydrogens is 480 g/mol. The van der Waals surface area contributed by atoms with Gasteiger partial charge in [0.25, 0.3) is 0 Å². The molecule has 0 fully saturated rings. The highest BCUT2D eigenvalue weighted by Gasteiger charge is 2.28. The lowest BCUT2D eigenvalue weighted by Gasteiger charge is -2.32. The average molecular weight is 529 g/mol. The lowest BCUT2D eigenvalue weighted by Crippen LogP contribution is -2.20. The van der Waals surface area contributed by atoms with Gasteiger partial charge in [-0.2, -0.15) is 0 Å². The molecule has 0 radical (unpaired) electrons. The van der Waals surface area contributed by atoms with Crippen molar-refractivity contribution < 1.29 is 0 Å². The zero-order valence-corrected chi connectivity index (χ0v) is 24.8. The van der Waals surface area contributed by atoms with Crippen LogP contribution >= 0.6 is 0 Å². The fourth-order valence-corrected chi connectivity index (χ4v) is 6.49. The van der Waals surface area contributed by atoms with Gasteiger partial charge in [0.1, 0.15) is 0 Å². The van der Waals surface area contributed by atoms with E-state index in [1.165, 1.54) is 46.3 Å². The van der Waals surface area contributed by atoms with Crippen LogP contribution in [-0.4, -0.2) is 0 Å². The third-order valence-electron chi connectivity index (χ3n) is 8.93. The normalized spacial score (nSPS) is 23.6. The molecule has 40 heavy (non-hydrogen) atoms. The Kier molecular flexibility index (Phi) is 11.0. The molecule has 0 N–H and O–H groups in total. The van der Waals surface area contributed by atoms with E-state index in [-0.39, 0.29) is 0 Å². The van der Waals surface area contributed by atoms with Crippen LogP contribution in [0.2, 0.25) is 0 Å². The molecule has 208 valence electrons. The molecule has 4 rings (SSSR count). The van der Waals surface area contributed by atoms with E-state index in [9.17, 15) is 0 Å². The first-order valence-electron chi connectivity index (χ1n) is 15.3. The molecule has 0 aromatic heterocycles. The van der Waals surface area contributed by atoms with Crippen molar-refractivity contribution in [2.75, 3.05) is 0 Å². The fourth-order valence-electron chi connectivity index (χ4n) is 6.49. The Morgan fingerprint density at radius 2 is 1.68 bits per heavy atom. The van der Waals surface area contributed by atoms with Crippen molar-refractivity contribution in [2.24, 2.45) is 23.7 Å². The molecule has 0 saturated heterocycles. The van der Waals surface area contributed by atoms with E-state index in [4.69, 9.17) is 0 Å². The molecular formula is C40H48. The molecule has 0 nitrogen and oxygen atoms in total. The minimum Gasteiger partial charge on any atom is -0.103 e. The molecule has 0 spiro atoms. The Bertz CT molecular complexity index is 1270. The monoisotopic (exact) mass is 528 g/mol. The second-order valence-electron chi connectivity index (χ2n) is 11.7. The van der Waals surface area contributed by atoms with Crippen LogP contribution in [0.25, 0.3) is 0 Å². The zero-order valence-electron chi connectivity index (χ0n) is 24.8. The third kappa shape index (κ3) is 7.63. The largest absolute Gasteiger partial charge is 0.103 e. The maximum atomic E-state index is 4.15. The van der Waals surface area contributed by atoms with Crippen LogP contribution in [0.1, 0.15) is 65.2 Å². The Morgan fingerprint density at radius 1 is 0.925 bits per heavy atom. The number of allylic oxidation sites excluding steroid dienone is 23. The third-order valence-corrected chi connectivity index (χ3v) is 8.93. The molecule has 0 saturated carbocycles. The second kappa shape index (κ2) is 14.8. The van der Waals surface area contributed by atoms with Gasteiger partial charge in [0, 0.05) is 11.8 Å². The van der Waals surface area contributed by atoms with E-state index in [2.05, 4.69) is 119 Å². The Labute approximate surface area is 244 Å². The van der Waals surface area contributed by atoms with Gasteiger partial charge in [-0.3, -0.25) is 0 Å². The molecule has 0 heterocycles. The van der Waals surface area contributed by atoms with Crippen molar-refractivity contribution in [2.45, 2.75) is 65.2 Å². The molecule has 0 aromatic rings. The summed E-state index contributed by atoms with van der Waals surface area (Å²) in [5.41, 5.74) is 10.2. The lowest BCUT2D eigenvalue weighted by molar-refractivity contribution is 0.499. The predicted molar refractivity (Wildman–Crippen MR) is 177 cm³/mol. The van der Waals surface area contributed by atoms with Crippen molar-refractivity contribution in [3.8, 4) is 0 Å². The van der Waals surface area contributed by atoms with Crippen LogP contribution in [-0.2, 0) is 0 Å². The second-order valence-corrected chi connectivity index (χ2v) is 11.7. The van der Waals surface area contributed by atoms with E-state index < -0.39 is 0 Å². The summed E-state index contributed by atoms with van der Waals surface area (Å²) >= 11 is 0. The topological polar surface area (TPSA) is 0 Å². The van der Waals surface area contributed by atoms with Crippen LogP contribution in [0.4, 0.5) is 0 Å². The molecule has 0 amide bonds. The van der Waals surface area contributed by atoms with E-state index in [0.29, 0.717) is 23.7 Å². The van der Waals surface area contributed by atoms with Gasteiger partial charge in [0.05, 0.1) is 0 Å². The average Bonchev–Trinajstić information content (AvgIpc) is 3.00. The minimum absolute atomic E-state index is 0.341. The summed E-state index contributed by atoms with van der Waals surface area (Å²) in [6, 6.07) is 0. The summed E-state index contributed by atoms with van der Waals surface area (Å²) in [7, 11) is 0. The molecule has 0 bridgehead atoms. The van der Waals surface area contributed by atoms with Gasteiger partial charge in [-0.25, -0.2) is 0 Å². The first-order valence-corrected chi connectivity index (χ1v) is 15.3. The maximum Gasteiger partial charge on any atom is 0.0114 e. The van der Waals surface area contributed by atoms with E-state index in [1.54, 1.807) is 5.57 Å². The van der Waals surface area contributed by atoms with Crippen LogP contribution in [0.15, 0.2) is 156 Å². The molecule has 4 aliphatic carbocycles. The minimum atomic E-state index is 0.341. The molecule has 4 unspecified atom stereocenters. The molecule has 0 aromatic carbocycles. The van der Waals surface area contributed by atoms with E-state index in [0.717, 1.165) is 38.5 Å². The van der Waals surface area contributed by atoms with Gasteiger partial charge in [-0.15, -0.1) is 13.2 Å². The van der Waals surface area contributed by atoms with Crippen molar-refractivity contribution >= 4 is 0 Å². The molecule has 0 heteroatoms. The van der Waals surface area contributed by atoms with Crippen molar-refractivity contribution in [3.05, 3.63) is 156 Å². The van der Waals surface area contributed by atoms with Crippen molar-refractivity contribution in [1.82, 2.24) is 0 Å². The molecule has 4 aliphatic rings. The summed E-state index contributed by atoms with van der Waals surface area (Å²) in [6.45, 7) is 16.3. The number of rotatable bonds is 12. The van der Waals surface area contributed by atoms with E-state index >= 15 is 0 Å². The summed E-state index contributed by atoms with van der Waals surface area (Å²) < 4.78 is 0. The summed E-state index contributed by atoms with van der Waals surface area (Å²) in [5.74, 6) is 1.75. The number of hydrogen-bond donors (Lipinski definition) is 0. The lowest BCUT2D eigenvalue weighted by atomic mass is 9.72. The first-order chi connectivity index (χ1) is 19.5. The number of hydrogen-bond acceptors (Lipinski definition) is 0. The van der Waals surface area contributed by atoms with E-state index in [1.807, 2.05) is 12.2 Å². The highest BCUT2D eigenvalue weighted by molar-refractivity contribution is 5.46. The highest BCUT2D eigenvalue weighted by atomic mass is 14.3. The summed E-state index contributed by atoms with van der Waals surface area (Å²) in [4.78, 5) is 0. The Balaban J connectivity index is 1.55. The van der Waals surface area contributed by atoms with Crippen molar-refractivity contribution in [3.63, 3.8) is 0 Å². The van der Waals surface area contributed by atoms with Gasteiger partial charge < -0.3 is 0 Å². The standard InChI is InChI=1S/C40H48/c1-6-13-32(8-3)39(17-12-14-30(4)7-2)35-26-22-33(23-27-35)34-24-28-38(29-25-34)40(36-15-10-9-11-16-36)37-20-18-31(5)19-21-37/h6-8,10,12,14-20,22,24,26,28,32,37,39-40H,1-3,9,11,13,21,23,25,27,29H2,4-5H3/b17-12+,30-14-. The van der Waals surface area contributed by atoms with Gasteiger partial charge in [0.15, 0.2) is 0 Å². The zero-order chi connectivity index (χ0) is 28.3. The summed E-state index contributed by atoms with van der Waals surface area (Å²) in [5, 5.41) is 0. The predicted octanol–water partition coefficient (Wildman–Crippen LogP) is 11.4. The Morgan fingerprint density at radius 3 is 2.23 bits per heavy atom. The van der Waals surface area contributed by atoms with Gasteiger partial charge in [0.2, 0.25) is 0 Å². The smallest absolute Gasteiger partial charge is 0.0114 e. The van der Waals surface area contributed by atoms with Crippen molar-refractivity contribution in [1.29, 1.82) is 0 Å². The van der Waals surface area contributed by atoms with Gasteiger partial charge >= 0.3 is 0 Å². The SMILES string of the molecule is C=CCC(C=C)C(/C=C/C=C(/C)C=C)C1=CC=C(C2=CC=C(C(C3=CCCC=C3)C3C=CC(C)=CC3)CC2)CC1. The quantitative estimate of drug-likeness (QED) is 0.174. The summed E-state index contributed by atoms with van der Waals surface area (Å²) in [6.07, 6.45) is 45.7. The van der Waals surface area contributed by atoms with Gasteiger partial charge in [-0.05, 0) is 93.8 Å². The van der Waals surface area contributed by atoms with Gasteiger partial charge in [-0.1, -0.05) is 126 Å². The van der Waals surface area contributed by atoms with Crippen LogP contribution in [0.5, 0.6) is 0 Å². The van der Waals surface area contributed by atoms with Crippen LogP contribution in [0.3, 0.4) is 0 Å². The van der Waals surface area contributed by atoms with Crippen LogP contribution < -0.4 is 0 Å². The first kappa shape index (κ1) is 29.6.